The van der Waals surface area contributed by atoms with Crippen molar-refractivity contribution in [1.82, 2.24) is 20.4 Å². The molecule has 2 N–H and O–H groups in total. The fourth-order valence-corrected chi connectivity index (χ4v) is 4.48. The first-order valence-corrected chi connectivity index (χ1v) is 11.9. The standard InChI is InChI=1S/C26H35N5O2/c1-30(2)25(32)19-28-26(29-22-14-17-33-24-13-7-6-12-21(22)24)27-18-23(31-15-8-9-16-31)20-10-4-3-5-11-20/h3-7,10-13,22-23H,8-9,14-19H2,1-2H3,(H2,27,28,29). The lowest BCUT2D eigenvalue weighted by molar-refractivity contribution is -0.127. The van der Waals surface area contributed by atoms with Gasteiger partial charge in [-0.25, -0.2) is 4.99 Å². The Kier molecular flexibility index (Phi) is 7.83. The highest BCUT2D eigenvalue weighted by molar-refractivity contribution is 5.85. The second kappa shape index (κ2) is 11.2. The van der Waals surface area contributed by atoms with Crippen molar-refractivity contribution in [3.63, 3.8) is 0 Å². The SMILES string of the molecule is CN(C)C(=O)CN=C(NCC(c1ccccc1)N1CCCC1)NC1CCOc2ccccc21. The first-order chi connectivity index (χ1) is 16.1. The van der Waals surface area contributed by atoms with Gasteiger partial charge in [-0.1, -0.05) is 48.5 Å². The molecule has 7 heteroatoms. The molecule has 0 spiro atoms. The zero-order valence-electron chi connectivity index (χ0n) is 19.7. The van der Waals surface area contributed by atoms with E-state index in [0.717, 1.165) is 37.4 Å². The minimum Gasteiger partial charge on any atom is -0.493 e. The van der Waals surface area contributed by atoms with Crippen molar-refractivity contribution in [1.29, 1.82) is 0 Å². The molecule has 0 aliphatic carbocycles. The number of guanidine groups is 1. The monoisotopic (exact) mass is 449 g/mol. The molecule has 0 aromatic heterocycles. The third kappa shape index (κ3) is 6.05. The quantitative estimate of drug-likeness (QED) is 0.502. The van der Waals surface area contributed by atoms with E-state index in [4.69, 9.17) is 4.74 Å². The third-order valence-electron chi connectivity index (χ3n) is 6.37. The number of fused-ring (bicyclic) bond motifs is 1. The summed E-state index contributed by atoms with van der Waals surface area (Å²) in [6.45, 7) is 3.68. The van der Waals surface area contributed by atoms with Gasteiger partial charge in [0.1, 0.15) is 12.3 Å². The van der Waals surface area contributed by atoms with Crippen LogP contribution in [0.25, 0.3) is 0 Å². The minimum atomic E-state index is -0.0253. The molecule has 0 radical (unpaired) electrons. The van der Waals surface area contributed by atoms with Crippen LogP contribution in [0.5, 0.6) is 5.75 Å². The van der Waals surface area contributed by atoms with Gasteiger partial charge in [0.2, 0.25) is 5.91 Å². The highest BCUT2D eigenvalue weighted by Crippen LogP contribution is 2.31. The summed E-state index contributed by atoms with van der Waals surface area (Å²) in [4.78, 5) is 21.0. The zero-order chi connectivity index (χ0) is 23.0. The highest BCUT2D eigenvalue weighted by atomic mass is 16.5. The fraction of sp³-hybridized carbons (Fsp3) is 0.462. The first kappa shape index (κ1) is 23.1. The second-order valence-corrected chi connectivity index (χ2v) is 8.88. The normalized spacial score (nSPS) is 19.3. The van der Waals surface area contributed by atoms with Gasteiger partial charge in [0, 0.05) is 32.6 Å². The van der Waals surface area contributed by atoms with Crippen molar-refractivity contribution < 1.29 is 9.53 Å². The number of aliphatic imine (C=N–C) groups is 1. The van der Waals surface area contributed by atoms with Crippen LogP contribution in [0.2, 0.25) is 0 Å². The van der Waals surface area contributed by atoms with Gasteiger partial charge in [-0.2, -0.15) is 0 Å². The zero-order valence-corrected chi connectivity index (χ0v) is 19.7. The van der Waals surface area contributed by atoms with E-state index in [-0.39, 0.29) is 24.5 Å². The summed E-state index contributed by atoms with van der Waals surface area (Å²) in [5.41, 5.74) is 2.42. The molecule has 2 heterocycles. The number of amides is 1. The van der Waals surface area contributed by atoms with Crippen molar-refractivity contribution in [3.05, 3.63) is 65.7 Å². The van der Waals surface area contributed by atoms with Crippen LogP contribution in [0.3, 0.4) is 0 Å². The Morgan fingerprint density at radius 1 is 1.12 bits per heavy atom. The number of benzene rings is 2. The molecular weight excluding hydrogens is 414 g/mol. The maximum absolute atomic E-state index is 12.2. The molecule has 1 amide bonds. The van der Waals surface area contributed by atoms with Gasteiger partial charge in [-0.05, 0) is 37.6 Å². The summed E-state index contributed by atoms with van der Waals surface area (Å²) in [6.07, 6.45) is 3.31. The fourth-order valence-electron chi connectivity index (χ4n) is 4.48. The summed E-state index contributed by atoms with van der Waals surface area (Å²) in [5, 5.41) is 7.13. The Morgan fingerprint density at radius 2 is 1.85 bits per heavy atom. The summed E-state index contributed by atoms with van der Waals surface area (Å²) < 4.78 is 5.82. The number of hydrogen-bond acceptors (Lipinski definition) is 4. The summed E-state index contributed by atoms with van der Waals surface area (Å²) in [7, 11) is 3.51. The van der Waals surface area contributed by atoms with Crippen LogP contribution in [0, 0.1) is 0 Å². The van der Waals surface area contributed by atoms with Gasteiger partial charge in [0.15, 0.2) is 5.96 Å². The first-order valence-electron chi connectivity index (χ1n) is 11.9. The topological polar surface area (TPSA) is 69.2 Å². The van der Waals surface area contributed by atoms with Crippen LogP contribution < -0.4 is 15.4 Å². The van der Waals surface area contributed by atoms with Crippen LogP contribution >= 0.6 is 0 Å². The Labute approximate surface area is 196 Å². The summed E-state index contributed by atoms with van der Waals surface area (Å²) in [6, 6.07) is 19.1. The lowest BCUT2D eigenvalue weighted by Gasteiger charge is -2.31. The van der Waals surface area contributed by atoms with Crippen molar-refractivity contribution in [2.75, 3.05) is 46.9 Å². The lowest BCUT2D eigenvalue weighted by Crippen LogP contribution is -2.45. The maximum Gasteiger partial charge on any atom is 0.243 e. The van der Waals surface area contributed by atoms with Crippen LogP contribution in [0.4, 0.5) is 0 Å². The largest absolute Gasteiger partial charge is 0.493 e. The van der Waals surface area contributed by atoms with E-state index in [9.17, 15) is 4.79 Å². The smallest absolute Gasteiger partial charge is 0.243 e. The third-order valence-corrected chi connectivity index (χ3v) is 6.37. The molecule has 1 saturated heterocycles. The minimum absolute atomic E-state index is 0.0253. The number of likely N-dealkylation sites (N-methyl/N-ethyl adjacent to an activating group) is 1. The highest BCUT2D eigenvalue weighted by Gasteiger charge is 2.25. The van der Waals surface area contributed by atoms with Crippen molar-refractivity contribution in [2.24, 2.45) is 4.99 Å². The van der Waals surface area contributed by atoms with Gasteiger partial charge in [-0.3, -0.25) is 9.69 Å². The van der Waals surface area contributed by atoms with E-state index in [2.05, 4.69) is 56.9 Å². The average Bonchev–Trinajstić information content (AvgIpc) is 3.37. The molecule has 2 atom stereocenters. The number of ether oxygens (including phenoxy) is 1. The van der Waals surface area contributed by atoms with Gasteiger partial charge in [0.05, 0.1) is 18.7 Å². The van der Waals surface area contributed by atoms with E-state index in [1.807, 2.05) is 18.2 Å². The lowest BCUT2D eigenvalue weighted by atomic mass is 10.0. The van der Waals surface area contributed by atoms with Crippen LogP contribution in [-0.4, -0.2) is 68.5 Å². The Hall–Kier alpha value is -3.06. The molecule has 7 nitrogen and oxygen atoms in total. The molecule has 176 valence electrons. The molecule has 2 unspecified atom stereocenters. The number of carbonyl (C=O) groups is 1. The van der Waals surface area contributed by atoms with E-state index < -0.39 is 0 Å². The Bertz CT molecular complexity index is 941. The van der Waals surface area contributed by atoms with E-state index >= 15 is 0 Å². The van der Waals surface area contributed by atoms with E-state index in [0.29, 0.717) is 12.6 Å². The predicted octanol–water partition coefficient (Wildman–Crippen LogP) is 2.97. The van der Waals surface area contributed by atoms with Crippen LogP contribution in [-0.2, 0) is 4.79 Å². The molecule has 0 saturated carbocycles. The molecule has 2 aliphatic heterocycles. The number of likely N-dealkylation sites (tertiary alicyclic amines) is 1. The van der Waals surface area contributed by atoms with Gasteiger partial charge in [0.25, 0.3) is 0 Å². The predicted molar refractivity (Wildman–Crippen MR) is 131 cm³/mol. The van der Waals surface area contributed by atoms with Crippen molar-refractivity contribution in [3.8, 4) is 5.75 Å². The maximum atomic E-state index is 12.2. The Balaban J connectivity index is 1.52. The average molecular weight is 450 g/mol. The van der Waals surface area contributed by atoms with Crippen LogP contribution in [0.1, 0.15) is 42.5 Å². The van der Waals surface area contributed by atoms with Gasteiger partial charge in [-0.15, -0.1) is 0 Å². The summed E-state index contributed by atoms with van der Waals surface area (Å²) >= 11 is 0. The van der Waals surface area contributed by atoms with Gasteiger partial charge >= 0.3 is 0 Å². The molecule has 2 aromatic carbocycles. The van der Waals surface area contributed by atoms with Crippen molar-refractivity contribution in [2.45, 2.75) is 31.3 Å². The van der Waals surface area contributed by atoms with Crippen molar-refractivity contribution >= 4 is 11.9 Å². The number of rotatable bonds is 7. The summed E-state index contributed by atoms with van der Waals surface area (Å²) in [5.74, 6) is 1.54. The molecule has 1 fully saturated rings. The molecule has 2 aliphatic rings. The molecule has 33 heavy (non-hydrogen) atoms. The molecule has 2 aromatic rings. The molecular formula is C26H35N5O2. The molecule has 0 bridgehead atoms. The second-order valence-electron chi connectivity index (χ2n) is 8.88. The van der Waals surface area contributed by atoms with Crippen LogP contribution in [0.15, 0.2) is 59.6 Å². The number of nitrogens with one attached hydrogen (secondary N) is 2. The van der Waals surface area contributed by atoms with Gasteiger partial charge < -0.3 is 20.3 Å². The molecule has 4 rings (SSSR count). The Morgan fingerprint density at radius 3 is 2.61 bits per heavy atom. The van der Waals surface area contributed by atoms with E-state index in [1.165, 1.54) is 18.4 Å². The van der Waals surface area contributed by atoms with E-state index in [1.54, 1.807) is 19.0 Å². The number of carbonyl (C=O) groups excluding carboxylic acids is 1. The number of hydrogen-bond donors (Lipinski definition) is 2. The number of para-hydroxylation sites is 1. The number of nitrogens with zero attached hydrogens (tertiary/aromatic N) is 3.